The smallest absolute Gasteiger partial charge is 0.335 e. The Kier molecular flexibility index (Phi) is 5.65. The molecule has 2 N–H and O–H groups in total. The zero-order valence-electron chi connectivity index (χ0n) is 16.7. The molecule has 0 unspecified atom stereocenters. The van der Waals surface area contributed by atoms with Gasteiger partial charge in [0.1, 0.15) is 11.5 Å². The fraction of sp³-hybridized carbons (Fsp3) is 0.0435. The number of aromatic carboxylic acids is 2. The van der Waals surface area contributed by atoms with Crippen LogP contribution in [0.1, 0.15) is 26.5 Å². The lowest BCUT2D eigenvalue weighted by molar-refractivity contribution is -0.121. The largest absolute Gasteiger partial charge is 0.478 e. The number of benzene rings is 2. The number of amidine groups is 1. The zero-order chi connectivity index (χ0) is 22.8. The van der Waals surface area contributed by atoms with E-state index in [4.69, 9.17) is 14.6 Å². The number of carboxylic acid groups (broad SMARTS) is 2. The van der Waals surface area contributed by atoms with Crippen molar-refractivity contribution in [2.75, 3.05) is 7.05 Å². The molecule has 1 fully saturated rings. The minimum Gasteiger partial charge on any atom is -0.478 e. The number of rotatable bonds is 5. The summed E-state index contributed by atoms with van der Waals surface area (Å²) >= 11 is 1.18. The van der Waals surface area contributed by atoms with Gasteiger partial charge in [-0.05, 0) is 60.3 Å². The second-order valence-electron chi connectivity index (χ2n) is 6.81. The van der Waals surface area contributed by atoms with E-state index in [-0.39, 0.29) is 17.0 Å². The second-order valence-corrected chi connectivity index (χ2v) is 7.81. The minimum absolute atomic E-state index is 0.157. The summed E-state index contributed by atoms with van der Waals surface area (Å²) < 4.78 is 5.80. The number of thioether (sulfide) groups is 1. The Morgan fingerprint density at radius 3 is 2.12 bits per heavy atom. The predicted molar refractivity (Wildman–Crippen MR) is 120 cm³/mol. The molecule has 8 nitrogen and oxygen atoms in total. The molecule has 1 aliphatic heterocycles. The van der Waals surface area contributed by atoms with Crippen LogP contribution in [0.4, 0.5) is 5.69 Å². The normalized spacial score (nSPS) is 16.2. The van der Waals surface area contributed by atoms with Crippen molar-refractivity contribution in [2.45, 2.75) is 0 Å². The van der Waals surface area contributed by atoms with Crippen LogP contribution in [0, 0.1) is 0 Å². The number of carbonyl (C=O) groups excluding carboxylic acids is 1. The summed E-state index contributed by atoms with van der Waals surface area (Å²) in [6, 6.07) is 15.8. The molecule has 2 heterocycles. The Bertz CT molecular complexity index is 1270. The molecule has 1 saturated heterocycles. The summed E-state index contributed by atoms with van der Waals surface area (Å²) in [4.78, 5) is 40.8. The van der Waals surface area contributed by atoms with E-state index in [1.807, 2.05) is 0 Å². The quantitative estimate of drug-likeness (QED) is 0.548. The van der Waals surface area contributed by atoms with Crippen LogP contribution in [-0.2, 0) is 4.79 Å². The van der Waals surface area contributed by atoms with Crippen LogP contribution >= 0.6 is 11.8 Å². The second kappa shape index (κ2) is 8.56. The van der Waals surface area contributed by atoms with Gasteiger partial charge in [-0.3, -0.25) is 9.69 Å². The zero-order valence-corrected chi connectivity index (χ0v) is 17.5. The van der Waals surface area contributed by atoms with Crippen LogP contribution in [-0.4, -0.2) is 45.2 Å². The van der Waals surface area contributed by atoms with E-state index >= 15 is 0 Å². The molecule has 160 valence electrons. The molecule has 0 atom stereocenters. The van der Waals surface area contributed by atoms with E-state index in [0.29, 0.717) is 32.8 Å². The van der Waals surface area contributed by atoms with Crippen molar-refractivity contribution in [3.63, 3.8) is 0 Å². The lowest BCUT2D eigenvalue weighted by atomic mass is 10.1. The first kappa shape index (κ1) is 21.1. The number of aliphatic imine (C=N–C) groups is 1. The molecule has 0 saturated carbocycles. The van der Waals surface area contributed by atoms with Crippen molar-refractivity contribution in [3.05, 3.63) is 82.5 Å². The van der Waals surface area contributed by atoms with Gasteiger partial charge in [-0.1, -0.05) is 12.1 Å². The number of hydrogen-bond donors (Lipinski definition) is 2. The first-order valence-electron chi connectivity index (χ1n) is 9.35. The Morgan fingerprint density at radius 1 is 0.938 bits per heavy atom. The number of furan rings is 1. The first-order chi connectivity index (χ1) is 15.3. The lowest BCUT2D eigenvalue weighted by Gasteiger charge is -2.07. The third kappa shape index (κ3) is 4.33. The fourth-order valence-electron chi connectivity index (χ4n) is 2.93. The van der Waals surface area contributed by atoms with E-state index in [1.165, 1.54) is 40.9 Å². The van der Waals surface area contributed by atoms with E-state index < -0.39 is 11.9 Å². The lowest BCUT2D eigenvalue weighted by Crippen LogP contribution is -2.23. The number of hydrogen-bond acceptors (Lipinski definition) is 6. The number of likely N-dealkylation sites (N-methyl/N-ethyl adjacent to an activating group) is 1. The average molecular weight is 448 g/mol. The Balaban J connectivity index is 1.54. The third-order valence-electron chi connectivity index (χ3n) is 4.66. The average Bonchev–Trinajstić information content (AvgIpc) is 3.35. The number of carbonyl (C=O) groups is 3. The van der Waals surface area contributed by atoms with E-state index in [2.05, 4.69) is 4.99 Å². The van der Waals surface area contributed by atoms with Gasteiger partial charge in [0, 0.05) is 18.7 Å². The number of amides is 1. The summed E-state index contributed by atoms with van der Waals surface area (Å²) in [5.74, 6) is -1.24. The van der Waals surface area contributed by atoms with Crippen LogP contribution in [0.5, 0.6) is 0 Å². The molecule has 0 spiro atoms. The Labute approximate surface area is 186 Å². The maximum absolute atomic E-state index is 12.6. The van der Waals surface area contributed by atoms with E-state index in [9.17, 15) is 14.4 Å². The first-order valence-corrected chi connectivity index (χ1v) is 10.2. The monoisotopic (exact) mass is 448 g/mol. The highest BCUT2D eigenvalue weighted by Crippen LogP contribution is 2.34. The summed E-state index contributed by atoms with van der Waals surface area (Å²) in [5, 5.41) is 18.4. The fourth-order valence-corrected chi connectivity index (χ4v) is 3.90. The van der Waals surface area contributed by atoms with Gasteiger partial charge in [-0.2, -0.15) is 0 Å². The molecule has 2 aromatic carbocycles. The third-order valence-corrected chi connectivity index (χ3v) is 5.72. The molecule has 1 aliphatic rings. The van der Waals surface area contributed by atoms with Crippen LogP contribution < -0.4 is 0 Å². The summed E-state index contributed by atoms with van der Waals surface area (Å²) in [6.07, 6.45) is 1.62. The van der Waals surface area contributed by atoms with Crippen molar-refractivity contribution < 1.29 is 29.0 Å². The molecule has 4 rings (SSSR count). The Hall–Kier alpha value is -4.11. The van der Waals surface area contributed by atoms with E-state index in [0.717, 1.165) is 0 Å². The molecular weight excluding hydrogens is 432 g/mol. The molecular formula is C23H16N2O6S. The van der Waals surface area contributed by atoms with Crippen molar-refractivity contribution in [1.82, 2.24) is 4.90 Å². The highest BCUT2D eigenvalue weighted by molar-refractivity contribution is 8.18. The SMILES string of the molecule is CN1C(=O)/C(=C/c2ccc(-c3ccc(C(=O)O)cc3)o2)S/C1=N/c1ccc(C(=O)O)cc1. The van der Waals surface area contributed by atoms with Crippen LogP contribution in [0.2, 0.25) is 0 Å². The molecule has 0 radical (unpaired) electrons. The van der Waals surface area contributed by atoms with Gasteiger partial charge in [0.15, 0.2) is 5.17 Å². The molecule has 9 heteroatoms. The number of nitrogens with zero attached hydrogens (tertiary/aromatic N) is 2. The van der Waals surface area contributed by atoms with Crippen LogP contribution in [0.25, 0.3) is 17.4 Å². The summed E-state index contributed by atoms with van der Waals surface area (Å²) in [6.45, 7) is 0. The molecule has 1 amide bonds. The van der Waals surface area contributed by atoms with Crippen molar-refractivity contribution in [3.8, 4) is 11.3 Å². The maximum Gasteiger partial charge on any atom is 0.335 e. The van der Waals surface area contributed by atoms with Crippen LogP contribution in [0.3, 0.4) is 0 Å². The van der Waals surface area contributed by atoms with Gasteiger partial charge in [-0.25, -0.2) is 14.6 Å². The molecule has 3 aromatic rings. The van der Waals surface area contributed by atoms with Gasteiger partial charge in [0.05, 0.1) is 21.7 Å². The predicted octanol–water partition coefficient (Wildman–Crippen LogP) is 4.58. The van der Waals surface area contributed by atoms with Gasteiger partial charge >= 0.3 is 11.9 Å². The minimum atomic E-state index is -1.02. The Morgan fingerprint density at radius 2 is 1.53 bits per heavy atom. The molecule has 0 aliphatic carbocycles. The molecule has 32 heavy (non-hydrogen) atoms. The van der Waals surface area contributed by atoms with Gasteiger partial charge in [0.2, 0.25) is 0 Å². The summed E-state index contributed by atoms with van der Waals surface area (Å²) in [7, 11) is 1.61. The van der Waals surface area contributed by atoms with Crippen LogP contribution in [0.15, 0.2) is 75.0 Å². The molecule has 0 bridgehead atoms. The summed E-state index contributed by atoms with van der Waals surface area (Å²) in [5.41, 5.74) is 1.59. The van der Waals surface area contributed by atoms with Crippen molar-refractivity contribution >= 4 is 46.5 Å². The number of carboxylic acids is 2. The van der Waals surface area contributed by atoms with Crippen molar-refractivity contribution in [1.29, 1.82) is 0 Å². The van der Waals surface area contributed by atoms with E-state index in [1.54, 1.807) is 49.5 Å². The highest BCUT2D eigenvalue weighted by atomic mass is 32.2. The van der Waals surface area contributed by atoms with Crippen molar-refractivity contribution in [2.24, 2.45) is 4.99 Å². The topological polar surface area (TPSA) is 120 Å². The highest BCUT2D eigenvalue weighted by Gasteiger charge is 2.30. The van der Waals surface area contributed by atoms with Gasteiger partial charge in [-0.15, -0.1) is 0 Å². The maximum atomic E-state index is 12.6. The standard InChI is InChI=1S/C23H16N2O6S/c1-25-20(26)19(32-23(25)24-16-8-6-15(7-9-16)22(29)30)12-17-10-11-18(31-17)13-2-4-14(5-3-13)21(27)28/h2-12H,1H3,(H,27,28)(H,29,30)/b19-12-,24-23+. The molecule has 1 aromatic heterocycles. The van der Waals surface area contributed by atoms with Gasteiger partial charge in [0.25, 0.3) is 5.91 Å². The van der Waals surface area contributed by atoms with Gasteiger partial charge < -0.3 is 14.6 Å².